The molecule has 0 atom stereocenters. The van der Waals surface area contributed by atoms with Crippen LogP contribution in [0.25, 0.3) is 0 Å². The second kappa shape index (κ2) is 3.86. The van der Waals surface area contributed by atoms with Gasteiger partial charge >= 0.3 is 0 Å². The van der Waals surface area contributed by atoms with Crippen LogP contribution in [0.2, 0.25) is 0 Å². The van der Waals surface area contributed by atoms with Crippen molar-refractivity contribution in [3.05, 3.63) is 34.4 Å². The Morgan fingerprint density at radius 2 is 2.00 bits per heavy atom. The average molecular weight is 207 g/mol. The zero-order valence-corrected chi connectivity index (χ0v) is 8.51. The van der Waals surface area contributed by atoms with Gasteiger partial charge in [-0.15, -0.1) is 0 Å². The van der Waals surface area contributed by atoms with Crippen molar-refractivity contribution in [1.82, 2.24) is 5.32 Å². The highest BCUT2D eigenvalue weighted by Crippen LogP contribution is 2.20. The molecule has 1 heterocycles. The Morgan fingerprint density at radius 3 is 2.40 bits per heavy atom. The van der Waals surface area contributed by atoms with Crippen LogP contribution < -0.4 is 10.2 Å². The van der Waals surface area contributed by atoms with E-state index >= 15 is 0 Å². The smallest absolute Gasteiger partial charge is 0.269 e. The maximum Gasteiger partial charge on any atom is 0.269 e. The highest BCUT2D eigenvalue weighted by atomic mass is 16.6. The second-order valence-electron chi connectivity index (χ2n) is 3.70. The number of hydrogen-bond acceptors (Lipinski definition) is 4. The molecule has 0 bridgehead atoms. The molecule has 1 N–H and O–H groups in total. The molecule has 1 aromatic carbocycles. The third kappa shape index (κ3) is 1.92. The molecule has 2 rings (SSSR count). The molecule has 15 heavy (non-hydrogen) atoms. The average Bonchev–Trinajstić information content (AvgIpc) is 2.15. The van der Waals surface area contributed by atoms with Gasteiger partial charge in [0.15, 0.2) is 0 Å². The summed E-state index contributed by atoms with van der Waals surface area (Å²) in [5.41, 5.74) is 1.16. The molecule has 0 amide bonds. The number of anilines is 1. The highest BCUT2D eigenvalue weighted by molar-refractivity contribution is 5.51. The fourth-order valence-corrected chi connectivity index (χ4v) is 1.57. The minimum absolute atomic E-state index is 0.138. The minimum Gasteiger partial charge on any atom is -0.369 e. The molecule has 0 aromatic heterocycles. The Labute approximate surface area is 87.8 Å². The molecule has 0 aliphatic carbocycles. The molecule has 1 aromatic rings. The van der Waals surface area contributed by atoms with Gasteiger partial charge in [-0.25, -0.2) is 0 Å². The van der Waals surface area contributed by atoms with E-state index < -0.39 is 0 Å². The lowest BCUT2D eigenvalue weighted by atomic mass is 10.1. The molecule has 1 aliphatic rings. The summed E-state index contributed by atoms with van der Waals surface area (Å²) in [5, 5.41) is 13.7. The maximum atomic E-state index is 10.5. The minimum atomic E-state index is -0.380. The SMILES string of the molecule is CN(c1ccc([N+](=O)[O-])cc1)C1CNC1. The van der Waals surface area contributed by atoms with E-state index in [0.717, 1.165) is 18.8 Å². The van der Waals surface area contributed by atoms with Gasteiger partial charge in [-0.1, -0.05) is 0 Å². The number of nitro groups is 1. The van der Waals surface area contributed by atoms with E-state index in [2.05, 4.69) is 10.2 Å². The fourth-order valence-electron chi connectivity index (χ4n) is 1.57. The molecule has 1 aliphatic heterocycles. The highest BCUT2D eigenvalue weighted by Gasteiger charge is 2.21. The van der Waals surface area contributed by atoms with Crippen LogP contribution >= 0.6 is 0 Å². The maximum absolute atomic E-state index is 10.5. The number of benzene rings is 1. The fraction of sp³-hybridized carbons (Fsp3) is 0.400. The molecule has 1 saturated heterocycles. The molecular weight excluding hydrogens is 194 g/mol. The van der Waals surface area contributed by atoms with Crippen LogP contribution in [-0.2, 0) is 0 Å². The first-order chi connectivity index (χ1) is 7.18. The van der Waals surface area contributed by atoms with E-state index in [1.165, 1.54) is 12.1 Å². The van der Waals surface area contributed by atoms with Gasteiger partial charge in [0.05, 0.1) is 11.0 Å². The summed E-state index contributed by atoms with van der Waals surface area (Å²) in [7, 11) is 2.01. The molecule has 80 valence electrons. The van der Waals surface area contributed by atoms with Crippen LogP contribution in [0, 0.1) is 10.1 Å². The summed E-state index contributed by atoms with van der Waals surface area (Å²) in [5.74, 6) is 0. The third-order valence-electron chi connectivity index (χ3n) is 2.78. The Hall–Kier alpha value is -1.62. The van der Waals surface area contributed by atoms with Gasteiger partial charge in [-0.3, -0.25) is 10.1 Å². The summed E-state index contributed by atoms with van der Waals surface area (Å²) in [4.78, 5) is 12.2. The Morgan fingerprint density at radius 1 is 1.40 bits per heavy atom. The molecule has 0 saturated carbocycles. The molecule has 5 nitrogen and oxygen atoms in total. The van der Waals surface area contributed by atoms with Crippen LogP contribution in [0.5, 0.6) is 0 Å². The molecule has 5 heteroatoms. The topological polar surface area (TPSA) is 58.4 Å². The van der Waals surface area contributed by atoms with Crippen molar-refractivity contribution >= 4 is 11.4 Å². The molecule has 0 spiro atoms. The lowest BCUT2D eigenvalue weighted by Crippen LogP contribution is -2.56. The number of likely N-dealkylation sites (N-methyl/N-ethyl adjacent to an activating group) is 1. The van der Waals surface area contributed by atoms with Gasteiger partial charge in [0.1, 0.15) is 0 Å². The number of hydrogen-bond donors (Lipinski definition) is 1. The summed E-state index contributed by atoms with van der Waals surface area (Å²) < 4.78 is 0. The molecule has 0 radical (unpaired) electrons. The Bertz CT molecular complexity index is 359. The first kappa shape index (κ1) is 9.92. The second-order valence-corrected chi connectivity index (χ2v) is 3.70. The predicted octanol–water partition coefficient (Wildman–Crippen LogP) is 1.00. The van der Waals surface area contributed by atoms with E-state index in [4.69, 9.17) is 0 Å². The van der Waals surface area contributed by atoms with Gasteiger partial charge < -0.3 is 10.2 Å². The van der Waals surface area contributed by atoms with Crippen LogP contribution in [0.1, 0.15) is 0 Å². The molecular formula is C10H13N3O2. The first-order valence-electron chi connectivity index (χ1n) is 4.86. The number of non-ortho nitro benzene ring substituents is 1. The van der Waals surface area contributed by atoms with Crippen molar-refractivity contribution < 1.29 is 4.92 Å². The van der Waals surface area contributed by atoms with E-state index in [9.17, 15) is 10.1 Å². The van der Waals surface area contributed by atoms with Gasteiger partial charge in [0.25, 0.3) is 5.69 Å². The van der Waals surface area contributed by atoms with Gasteiger partial charge in [-0.05, 0) is 12.1 Å². The molecule has 0 unspecified atom stereocenters. The first-order valence-corrected chi connectivity index (χ1v) is 4.86. The van der Waals surface area contributed by atoms with E-state index in [0.29, 0.717) is 6.04 Å². The Kier molecular flexibility index (Phi) is 2.55. The van der Waals surface area contributed by atoms with Gasteiger partial charge in [0.2, 0.25) is 0 Å². The number of rotatable bonds is 3. The number of nitrogens with one attached hydrogen (secondary N) is 1. The van der Waals surface area contributed by atoms with Crippen molar-refractivity contribution in [3.8, 4) is 0 Å². The van der Waals surface area contributed by atoms with Crippen molar-refractivity contribution in [2.75, 3.05) is 25.0 Å². The van der Waals surface area contributed by atoms with Crippen LogP contribution in [0.15, 0.2) is 24.3 Å². The number of nitro benzene ring substituents is 1. The van der Waals surface area contributed by atoms with Gasteiger partial charge in [0, 0.05) is 38.0 Å². The number of nitrogens with zero attached hydrogens (tertiary/aromatic N) is 2. The van der Waals surface area contributed by atoms with Crippen molar-refractivity contribution in [1.29, 1.82) is 0 Å². The largest absolute Gasteiger partial charge is 0.369 e. The summed E-state index contributed by atoms with van der Waals surface area (Å²) in [6.07, 6.45) is 0. The normalized spacial score (nSPS) is 15.8. The predicted molar refractivity (Wildman–Crippen MR) is 58.2 cm³/mol. The zero-order chi connectivity index (χ0) is 10.8. The van der Waals surface area contributed by atoms with Gasteiger partial charge in [-0.2, -0.15) is 0 Å². The standard InChI is InChI=1S/C10H13N3O2/c1-12(10-6-11-7-10)8-2-4-9(5-3-8)13(14)15/h2-5,10-11H,6-7H2,1H3. The van der Waals surface area contributed by atoms with E-state index in [-0.39, 0.29) is 10.6 Å². The van der Waals surface area contributed by atoms with E-state index in [1.807, 2.05) is 7.05 Å². The summed E-state index contributed by atoms with van der Waals surface area (Å²) in [6, 6.07) is 7.16. The van der Waals surface area contributed by atoms with E-state index in [1.54, 1.807) is 12.1 Å². The zero-order valence-electron chi connectivity index (χ0n) is 8.51. The third-order valence-corrected chi connectivity index (χ3v) is 2.78. The van der Waals surface area contributed by atoms with Crippen LogP contribution in [-0.4, -0.2) is 31.1 Å². The lowest BCUT2D eigenvalue weighted by molar-refractivity contribution is -0.384. The van der Waals surface area contributed by atoms with Crippen molar-refractivity contribution in [2.24, 2.45) is 0 Å². The monoisotopic (exact) mass is 207 g/mol. The quantitative estimate of drug-likeness (QED) is 0.593. The van der Waals surface area contributed by atoms with Crippen molar-refractivity contribution in [3.63, 3.8) is 0 Å². The molecule has 1 fully saturated rings. The summed E-state index contributed by atoms with van der Waals surface area (Å²) in [6.45, 7) is 1.96. The van der Waals surface area contributed by atoms with Crippen molar-refractivity contribution in [2.45, 2.75) is 6.04 Å². The lowest BCUT2D eigenvalue weighted by Gasteiger charge is -2.37. The summed E-state index contributed by atoms with van der Waals surface area (Å²) >= 11 is 0. The van der Waals surface area contributed by atoms with Crippen LogP contribution in [0.4, 0.5) is 11.4 Å². The van der Waals surface area contributed by atoms with Crippen LogP contribution in [0.3, 0.4) is 0 Å². The Balaban J connectivity index is 2.11.